The van der Waals surface area contributed by atoms with Crippen LogP contribution in [0.15, 0.2) is 36.4 Å². The van der Waals surface area contributed by atoms with E-state index in [0.29, 0.717) is 13.2 Å². The zero-order valence-electron chi connectivity index (χ0n) is 18.4. The number of likely N-dealkylation sites (tertiary alicyclic amines) is 1. The molecule has 1 fully saturated rings. The highest BCUT2D eigenvalue weighted by molar-refractivity contribution is 5.47. The quantitative estimate of drug-likeness (QED) is 0.539. The van der Waals surface area contributed by atoms with Crippen LogP contribution in [0.2, 0.25) is 0 Å². The number of hydrogen-bond donors (Lipinski definition) is 0. The normalized spacial score (nSPS) is 17.0. The molecule has 0 bridgehead atoms. The number of nitrogens with zero attached hydrogens (tertiary/aromatic N) is 1. The highest BCUT2D eigenvalue weighted by Gasteiger charge is 2.18. The zero-order chi connectivity index (χ0) is 21.6. The molecule has 32 heavy (non-hydrogen) atoms. The fraction of sp³-hybridized carbons (Fsp3) is 0.520. The Bertz CT molecular complexity index is 836. The first kappa shape index (κ1) is 21.1. The van der Waals surface area contributed by atoms with Crippen LogP contribution in [-0.4, -0.2) is 51.3 Å². The maximum Gasteiger partial charge on any atom is 0.231 e. The topological polar surface area (TPSA) is 58.6 Å². The zero-order valence-corrected chi connectivity index (χ0v) is 18.4. The van der Waals surface area contributed by atoms with Gasteiger partial charge < -0.3 is 33.3 Å². The summed E-state index contributed by atoms with van der Waals surface area (Å²) in [6.45, 7) is 5.31. The van der Waals surface area contributed by atoms with E-state index in [1.807, 2.05) is 36.4 Å². The van der Waals surface area contributed by atoms with Crippen LogP contribution in [0, 0.1) is 5.92 Å². The summed E-state index contributed by atoms with van der Waals surface area (Å²) in [6, 6.07) is 11.4. The third-order valence-electron chi connectivity index (χ3n) is 6.19. The number of hydrogen-bond acceptors (Lipinski definition) is 7. The second-order valence-electron chi connectivity index (χ2n) is 8.56. The Kier molecular flexibility index (Phi) is 6.72. The lowest BCUT2D eigenvalue weighted by molar-refractivity contribution is 0.156. The van der Waals surface area contributed by atoms with Crippen molar-refractivity contribution in [2.45, 2.75) is 32.1 Å². The predicted molar refractivity (Wildman–Crippen MR) is 119 cm³/mol. The van der Waals surface area contributed by atoms with Crippen LogP contribution in [0.5, 0.6) is 34.5 Å². The molecule has 0 aromatic heterocycles. The van der Waals surface area contributed by atoms with Crippen LogP contribution in [0.4, 0.5) is 0 Å². The maximum absolute atomic E-state index is 6.12. The fourth-order valence-electron chi connectivity index (χ4n) is 4.36. The molecule has 0 saturated carbocycles. The summed E-state index contributed by atoms with van der Waals surface area (Å²) in [6.07, 6.45) is 6.20. The molecule has 0 spiro atoms. The van der Waals surface area contributed by atoms with E-state index in [1.54, 1.807) is 0 Å². The minimum Gasteiger partial charge on any atom is -0.493 e. The van der Waals surface area contributed by atoms with Crippen LogP contribution >= 0.6 is 0 Å². The van der Waals surface area contributed by atoms with E-state index in [9.17, 15) is 0 Å². The second kappa shape index (κ2) is 10.2. The smallest absolute Gasteiger partial charge is 0.231 e. The Morgan fingerprint density at radius 1 is 0.719 bits per heavy atom. The van der Waals surface area contributed by atoms with Gasteiger partial charge >= 0.3 is 0 Å². The molecule has 2 aromatic carbocycles. The molecule has 3 heterocycles. The molecule has 0 amide bonds. The van der Waals surface area contributed by atoms with Crippen LogP contribution in [0.3, 0.4) is 0 Å². The van der Waals surface area contributed by atoms with Gasteiger partial charge in [-0.15, -0.1) is 0 Å². The van der Waals surface area contributed by atoms with E-state index >= 15 is 0 Å². The van der Waals surface area contributed by atoms with Crippen LogP contribution < -0.4 is 28.4 Å². The van der Waals surface area contributed by atoms with Crippen molar-refractivity contribution in [3.63, 3.8) is 0 Å². The van der Waals surface area contributed by atoms with Gasteiger partial charge in [0.25, 0.3) is 0 Å². The Labute approximate surface area is 189 Å². The first-order valence-electron chi connectivity index (χ1n) is 11.6. The monoisotopic (exact) mass is 441 g/mol. The van der Waals surface area contributed by atoms with Crippen molar-refractivity contribution in [3.8, 4) is 34.5 Å². The second-order valence-corrected chi connectivity index (χ2v) is 8.56. The third kappa shape index (κ3) is 5.33. The van der Waals surface area contributed by atoms with Crippen molar-refractivity contribution in [2.24, 2.45) is 5.92 Å². The number of ether oxygens (including phenoxy) is 6. The molecule has 0 N–H and O–H groups in total. The molecule has 7 heteroatoms. The molecule has 0 atom stereocenters. The van der Waals surface area contributed by atoms with Gasteiger partial charge in [0.2, 0.25) is 13.6 Å². The van der Waals surface area contributed by atoms with E-state index < -0.39 is 0 Å². The van der Waals surface area contributed by atoms with Gasteiger partial charge in [-0.05, 0) is 69.6 Å². The van der Waals surface area contributed by atoms with Crippen molar-refractivity contribution in [1.29, 1.82) is 0 Å². The number of benzene rings is 2. The summed E-state index contributed by atoms with van der Waals surface area (Å²) in [5.74, 6) is 4.86. The number of piperidine rings is 1. The summed E-state index contributed by atoms with van der Waals surface area (Å²) in [4.78, 5) is 2.58. The fourth-order valence-corrected chi connectivity index (χ4v) is 4.36. The summed E-state index contributed by atoms with van der Waals surface area (Å²) in [5, 5.41) is 0. The minimum atomic E-state index is 0.265. The van der Waals surface area contributed by atoms with E-state index in [2.05, 4.69) is 4.90 Å². The summed E-state index contributed by atoms with van der Waals surface area (Å²) >= 11 is 0. The molecule has 0 aliphatic carbocycles. The van der Waals surface area contributed by atoms with Gasteiger partial charge in [0.05, 0.1) is 13.2 Å². The predicted octanol–water partition coefficient (Wildman–Crippen LogP) is 4.48. The average Bonchev–Trinajstić information content (AvgIpc) is 3.49. The standard InChI is InChI=1S/C25H31NO6/c1-2-10-26(11-3-1)12-4-5-19(15-27-20-6-8-22-24(13-20)31-17-29-22)16-28-21-7-9-23-25(14-21)32-18-30-23/h6-9,13-14,19H,1-5,10-12,15-18H2. The van der Waals surface area contributed by atoms with Gasteiger partial charge in [-0.1, -0.05) is 6.42 Å². The van der Waals surface area contributed by atoms with E-state index in [0.717, 1.165) is 53.9 Å². The first-order valence-corrected chi connectivity index (χ1v) is 11.6. The summed E-state index contributed by atoms with van der Waals surface area (Å²) in [5.41, 5.74) is 0. The molecule has 2 aromatic rings. The van der Waals surface area contributed by atoms with Crippen molar-refractivity contribution in [1.82, 2.24) is 4.90 Å². The largest absolute Gasteiger partial charge is 0.493 e. The van der Waals surface area contributed by atoms with Gasteiger partial charge in [0.15, 0.2) is 23.0 Å². The Hall–Kier alpha value is -2.80. The summed E-state index contributed by atoms with van der Waals surface area (Å²) < 4.78 is 34.0. The summed E-state index contributed by atoms with van der Waals surface area (Å²) in [7, 11) is 0. The molecule has 0 unspecified atom stereocenters. The van der Waals surface area contributed by atoms with Crippen molar-refractivity contribution >= 4 is 0 Å². The SMILES string of the molecule is c1cc2c(cc1OCC(CCCN1CCCCC1)COc1ccc3c(c1)OCO3)OCO2. The van der Waals surface area contributed by atoms with Crippen molar-refractivity contribution in [3.05, 3.63) is 36.4 Å². The Morgan fingerprint density at radius 3 is 1.88 bits per heavy atom. The van der Waals surface area contributed by atoms with Gasteiger partial charge in [0, 0.05) is 18.1 Å². The lowest BCUT2D eigenvalue weighted by atomic mass is 10.0. The Balaban J connectivity index is 1.16. The average molecular weight is 442 g/mol. The number of rotatable bonds is 10. The molecule has 5 rings (SSSR count). The molecular weight excluding hydrogens is 410 g/mol. The molecular formula is C25H31NO6. The van der Waals surface area contributed by atoms with Gasteiger partial charge in [-0.3, -0.25) is 0 Å². The first-order chi connectivity index (χ1) is 15.8. The molecule has 3 aliphatic heterocycles. The van der Waals surface area contributed by atoms with Crippen LogP contribution in [-0.2, 0) is 0 Å². The van der Waals surface area contributed by atoms with Gasteiger partial charge in [0.1, 0.15) is 11.5 Å². The van der Waals surface area contributed by atoms with Crippen molar-refractivity contribution < 1.29 is 28.4 Å². The minimum absolute atomic E-state index is 0.265. The van der Waals surface area contributed by atoms with E-state index in [-0.39, 0.29) is 19.5 Å². The van der Waals surface area contributed by atoms with Gasteiger partial charge in [-0.25, -0.2) is 0 Å². The van der Waals surface area contributed by atoms with Crippen molar-refractivity contribution in [2.75, 3.05) is 46.4 Å². The lowest BCUT2D eigenvalue weighted by Crippen LogP contribution is -2.31. The van der Waals surface area contributed by atoms with Crippen LogP contribution in [0.1, 0.15) is 32.1 Å². The van der Waals surface area contributed by atoms with E-state index in [4.69, 9.17) is 28.4 Å². The molecule has 3 aliphatic rings. The third-order valence-corrected chi connectivity index (χ3v) is 6.19. The molecule has 172 valence electrons. The van der Waals surface area contributed by atoms with Crippen LogP contribution in [0.25, 0.3) is 0 Å². The highest BCUT2D eigenvalue weighted by atomic mass is 16.7. The molecule has 7 nitrogen and oxygen atoms in total. The Morgan fingerprint density at radius 2 is 1.28 bits per heavy atom. The van der Waals surface area contributed by atoms with Gasteiger partial charge in [-0.2, -0.15) is 0 Å². The lowest BCUT2D eigenvalue weighted by Gasteiger charge is -2.27. The maximum atomic E-state index is 6.12. The van der Waals surface area contributed by atoms with E-state index in [1.165, 1.54) is 32.4 Å². The highest BCUT2D eigenvalue weighted by Crippen LogP contribution is 2.36. The molecule has 0 radical (unpaired) electrons. The number of fused-ring (bicyclic) bond motifs is 2. The molecule has 1 saturated heterocycles.